The molecule has 0 bridgehead atoms. The van der Waals surface area contributed by atoms with Gasteiger partial charge < -0.3 is 24.5 Å². The average molecular weight is 252 g/mol. The second-order valence-corrected chi connectivity index (χ2v) is 3.87. The van der Waals surface area contributed by atoms with E-state index in [1.165, 1.54) is 0 Å². The Hall–Kier alpha value is -1.56. The molecule has 18 heavy (non-hydrogen) atoms. The molecule has 5 nitrogen and oxygen atoms in total. The van der Waals surface area contributed by atoms with Crippen LogP contribution in [0.15, 0.2) is 30.3 Å². The molecule has 1 aromatic rings. The number of aliphatic hydroxyl groups is 2. The first-order valence-corrected chi connectivity index (χ1v) is 5.58. The van der Waals surface area contributed by atoms with Crippen LogP contribution in [0.1, 0.15) is 5.56 Å². The minimum Gasteiger partial charge on any atom is -0.396 e. The van der Waals surface area contributed by atoms with E-state index in [2.05, 4.69) is 0 Å². The Labute approximate surface area is 105 Å². The maximum Gasteiger partial charge on any atom is 0.151 e. The molecular formula is C13H16O5. The molecule has 0 saturated heterocycles. The summed E-state index contributed by atoms with van der Waals surface area (Å²) in [7, 11) is 0. The van der Waals surface area contributed by atoms with Crippen molar-refractivity contribution in [2.24, 2.45) is 5.92 Å². The zero-order valence-electron chi connectivity index (χ0n) is 9.81. The van der Waals surface area contributed by atoms with Gasteiger partial charge in [0.15, 0.2) is 6.29 Å². The number of carbonyl (C=O) groups excluding carboxylic acids is 2. The smallest absolute Gasteiger partial charge is 0.151 e. The molecule has 0 aliphatic heterocycles. The first-order chi connectivity index (χ1) is 8.72. The summed E-state index contributed by atoms with van der Waals surface area (Å²) in [6.45, 7) is -0.373. The summed E-state index contributed by atoms with van der Waals surface area (Å²) in [6.07, 6.45) is -1.63. The van der Waals surface area contributed by atoms with E-state index in [9.17, 15) is 14.7 Å². The summed E-state index contributed by atoms with van der Waals surface area (Å²) in [5, 5.41) is 18.6. The lowest BCUT2D eigenvalue weighted by Gasteiger charge is -2.21. The molecule has 0 spiro atoms. The lowest BCUT2D eigenvalue weighted by Crippen LogP contribution is -2.39. The zero-order valence-corrected chi connectivity index (χ0v) is 9.81. The van der Waals surface area contributed by atoms with Crippen LogP contribution in [0.5, 0.6) is 0 Å². The van der Waals surface area contributed by atoms with E-state index in [1.807, 2.05) is 30.3 Å². The first-order valence-electron chi connectivity index (χ1n) is 5.58. The van der Waals surface area contributed by atoms with E-state index in [0.29, 0.717) is 12.6 Å². The van der Waals surface area contributed by atoms with Gasteiger partial charge in [-0.15, -0.1) is 0 Å². The second-order valence-electron chi connectivity index (χ2n) is 3.87. The molecule has 1 rings (SSSR count). The van der Waals surface area contributed by atoms with Crippen molar-refractivity contribution in [3.63, 3.8) is 0 Å². The highest BCUT2D eigenvalue weighted by atomic mass is 16.5. The minimum atomic E-state index is -1.34. The summed E-state index contributed by atoms with van der Waals surface area (Å²) in [6, 6.07) is 9.14. The average Bonchev–Trinajstić information content (AvgIpc) is 2.42. The highest BCUT2D eigenvalue weighted by Gasteiger charge is 2.27. The van der Waals surface area contributed by atoms with Crippen molar-refractivity contribution in [3.8, 4) is 0 Å². The van der Waals surface area contributed by atoms with E-state index < -0.39 is 24.7 Å². The number of benzene rings is 1. The second kappa shape index (κ2) is 7.71. The van der Waals surface area contributed by atoms with Crippen molar-refractivity contribution in [3.05, 3.63) is 35.9 Å². The van der Waals surface area contributed by atoms with Crippen LogP contribution in [0, 0.1) is 5.92 Å². The number of aldehydes is 2. The van der Waals surface area contributed by atoms with Crippen LogP contribution in [-0.4, -0.2) is 41.6 Å². The van der Waals surface area contributed by atoms with Crippen LogP contribution in [0.4, 0.5) is 0 Å². The van der Waals surface area contributed by atoms with E-state index >= 15 is 0 Å². The van der Waals surface area contributed by atoms with Gasteiger partial charge in [0.1, 0.15) is 12.4 Å². The summed E-state index contributed by atoms with van der Waals surface area (Å²) in [5.41, 5.74) is 0.850. The summed E-state index contributed by atoms with van der Waals surface area (Å²) < 4.78 is 5.24. The third-order valence-corrected chi connectivity index (χ3v) is 2.58. The van der Waals surface area contributed by atoms with Gasteiger partial charge in [0.2, 0.25) is 0 Å². The van der Waals surface area contributed by atoms with Crippen molar-refractivity contribution >= 4 is 12.6 Å². The van der Waals surface area contributed by atoms with Gasteiger partial charge >= 0.3 is 0 Å². The SMILES string of the molecule is O=C[C@H](CO)[C@@H](O)[C@@H](C=O)OCc1ccccc1. The molecule has 98 valence electrons. The summed E-state index contributed by atoms with van der Waals surface area (Å²) in [5.74, 6) is -1.02. The minimum absolute atomic E-state index is 0.151. The fraction of sp³-hybridized carbons (Fsp3) is 0.385. The van der Waals surface area contributed by atoms with Gasteiger partial charge in [-0.05, 0) is 5.56 Å². The maximum atomic E-state index is 10.8. The van der Waals surface area contributed by atoms with Gasteiger partial charge in [-0.25, -0.2) is 0 Å². The third kappa shape index (κ3) is 4.03. The Morgan fingerprint density at radius 2 is 1.83 bits per heavy atom. The molecule has 0 amide bonds. The monoisotopic (exact) mass is 252 g/mol. The summed E-state index contributed by atoms with van der Waals surface area (Å²) >= 11 is 0. The van der Waals surface area contributed by atoms with Crippen molar-refractivity contribution in [1.82, 2.24) is 0 Å². The van der Waals surface area contributed by atoms with Gasteiger partial charge in [0, 0.05) is 0 Å². The highest BCUT2D eigenvalue weighted by Crippen LogP contribution is 2.10. The van der Waals surface area contributed by atoms with Gasteiger partial charge in [-0.1, -0.05) is 30.3 Å². The van der Waals surface area contributed by atoms with E-state index in [4.69, 9.17) is 9.84 Å². The highest BCUT2D eigenvalue weighted by molar-refractivity contribution is 5.61. The van der Waals surface area contributed by atoms with Gasteiger partial charge in [-0.2, -0.15) is 0 Å². The molecule has 2 N–H and O–H groups in total. The predicted octanol–water partition coefficient (Wildman–Crippen LogP) is -0.0610. The Balaban J connectivity index is 2.56. The number of hydrogen-bond donors (Lipinski definition) is 2. The number of carbonyl (C=O) groups is 2. The molecule has 0 aromatic heterocycles. The van der Waals surface area contributed by atoms with Crippen molar-refractivity contribution in [1.29, 1.82) is 0 Å². The molecule has 5 heteroatoms. The largest absolute Gasteiger partial charge is 0.396 e. The van der Waals surface area contributed by atoms with Gasteiger partial charge in [-0.3, -0.25) is 0 Å². The predicted molar refractivity (Wildman–Crippen MR) is 63.7 cm³/mol. The van der Waals surface area contributed by atoms with Gasteiger partial charge in [0.05, 0.1) is 25.2 Å². The molecule has 0 unspecified atom stereocenters. The van der Waals surface area contributed by atoms with E-state index in [0.717, 1.165) is 5.56 Å². The van der Waals surface area contributed by atoms with Crippen molar-refractivity contribution in [2.45, 2.75) is 18.8 Å². The topological polar surface area (TPSA) is 83.8 Å². The van der Waals surface area contributed by atoms with Crippen molar-refractivity contribution in [2.75, 3.05) is 6.61 Å². The zero-order chi connectivity index (χ0) is 13.4. The Morgan fingerprint density at radius 1 is 1.17 bits per heavy atom. The molecule has 0 aliphatic carbocycles. The fourth-order valence-corrected chi connectivity index (χ4v) is 1.46. The molecular weight excluding hydrogens is 236 g/mol. The van der Waals surface area contributed by atoms with E-state index in [1.54, 1.807) is 0 Å². The van der Waals surface area contributed by atoms with Crippen LogP contribution < -0.4 is 0 Å². The molecule has 3 atom stereocenters. The molecule has 1 aromatic carbocycles. The van der Waals surface area contributed by atoms with Crippen LogP contribution in [0.3, 0.4) is 0 Å². The first kappa shape index (κ1) is 14.5. The fourth-order valence-electron chi connectivity index (χ4n) is 1.46. The Morgan fingerprint density at radius 3 is 2.33 bits per heavy atom. The molecule has 0 heterocycles. The van der Waals surface area contributed by atoms with Crippen LogP contribution in [-0.2, 0) is 20.9 Å². The standard InChI is InChI=1S/C13H16O5/c14-6-11(7-15)13(17)12(8-16)18-9-10-4-2-1-3-5-10/h1-6,8,11-13,15,17H,7,9H2/t11-,12-,13-/m1/s1. The maximum absolute atomic E-state index is 10.8. The molecule has 0 aliphatic rings. The van der Waals surface area contributed by atoms with Crippen LogP contribution >= 0.6 is 0 Å². The van der Waals surface area contributed by atoms with Crippen LogP contribution in [0.25, 0.3) is 0 Å². The lowest BCUT2D eigenvalue weighted by atomic mass is 10.0. The molecule has 0 saturated carbocycles. The quantitative estimate of drug-likeness (QED) is 0.633. The lowest BCUT2D eigenvalue weighted by molar-refractivity contribution is -0.135. The summed E-state index contributed by atoms with van der Waals surface area (Å²) in [4.78, 5) is 21.4. The number of hydrogen-bond acceptors (Lipinski definition) is 5. The van der Waals surface area contributed by atoms with Gasteiger partial charge in [0.25, 0.3) is 0 Å². The Bertz CT molecular complexity index is 365. The van der Waals surface area contributed by atoms with Crippen molar-refractivity contribution < 1.29 is 24.5 Å². The number of rotatable bonds is 8. The normalized spacial score (nSPS) is 15.7. The van der Waals surface area contributed by atoms with E-state index in [-0.39, 0.29) is 6.61 Å². The third-order valence-electron chi connectivity index (χ3n) is 2.58. The molecule has 0 fully saturated rings. The Kier molecular flexibility index (Phi) is 6.21. The van der Waals surface area contributed by atoms with Crippen LogP contribution in [0.2, 0.25) is 0 Å². The molecule has 0 radical (unpaired) electrons. The number of aliphatic hydroxyl groups excluding tert-OH is 2. The number of ether oxygens (including phenoxy) is 1.